The Kier molecular flexibility index (Phi) is 5.73. The fraction of sp³-hybridized carbons (Fsp3) is 0.471. The molecule has 0 heterocycles. The third-order valence-electron chi connectivity index (χ3n) is 3.80. The van der Waals surface area contributed by atoms with Crippen molar-refractivity contribution in [3.63, 3.8) is 0 Å². The van der Waals surface area contributed by atoms with Crippen molar-refractivity contribution in [2.75, 3.05) is 5.32 Å². The minimum Gasteiger partial charge on any atom is -0.449 e. The Morgan fingerprint density at radius 1 is 1.13 bits per heavy atom. The second kappa shape index (κ2) is 7.76. The molecular formula is C17H22N2O4. The number of rotatable bonds is 5. The van der Waals surface area contributed by atoms with Crippen molar-refractivity contribution in [3.8, 4) is 0 Å². The van der Waals surface area contributed by atoms with E-state index in [1.807, 2.05) is 0 Å². The van der Waals surface area contributed by atoms with Crippen LogP contribution in [0.25, 0.3) is 0 Å². The lowest BCUT2D eigenvalue weighted by atomic mass is 10.2. The van der Waals surface area contributed by atoms with Gasteiger partial charge in [-0.15, -0.1) is 0 Å². The molecular weight excluding hydrogens is 296 g/mol. The van der Waals surface area contributed by atoms with E-state index in [2.05, 4.69) is 10.6 Å². The third kappa shape index (κ3) is 5.09. The minimum absolute atomic E-state index is 0.183. The molecule has 0 radical (unpaired) electrons. The Morgan fingerprint density at radius 3 is 2.30 bits per heavy atom. The molecule has 6 nitrogen and oxygen atoms in total. The lowest BCUT2D eigenvalue weighted by Crippen LogP contribution is -2.40. The van der Waals surface area contributed by atoms with Gasteiger partial charge in [0.2, 0.25) is 5.91 Å². The third-order valence-corrected chi connectivity index (χ3v) is 3.80. The molecule has 2 rings (SSSR count). The summed E-state index contributed by atoms with van der Waals surface area (Å²) in [6.07, 6.45) is 3.38. The van der Waals surface area contributed by atoms with Crippen molar-refractivity contribution in [3.05, 3.63) is 29.8 Å². The summed E-state index contributed by atoms with van der Waals surface area (Å²) in [5.74, 6) is -1.01. The summed E-state index contributed by atoms with van der Waals surface area (Å²) in [6, 6.07) is 6.52. The van der Waals surface area contributed by atoms with Crippen LogP contribution in [0.3, 0.4) is 0 Å². The standard InChI is InChI=1S/C17H22N2O4/c1-11(16(21)19-14-5-3-4-6-14)23-17(22)13-7-9-15(10-8-13)18-12(2)20/h7-11,14H,3-6H2,1-2H3,(H,18,20)(H,19,21). The van der Waals surface area contributed by atoms with Gasteiger partial charge in [-0.05, 0) is 44.0 Å². The number of nitrogens with one attached hydrogen (secondary N) is 2. The van der Waals surface area contributed by atoms with Gasteiger partial charge in [0.05, 0.1) is 5.56 Å². The summed E-state index contributed by atoms with van der Waals surface area (Å²) in [4.78, 5) is 35.0. The molecule has 0 aromatic heterocycles. The predicted octanol–water partition coefficient (Wildman–Crippen LogP) is 2.25. The number of carbonyl (C=O) groups excluding carboxylic acids is 3. The summed E-state index contributed by atoms with van der Waals surface area (Å²) in [5, 5.41) is 5.52. The Hall–Kier alpha value is -2.37. The van der Waals surface area contributed by atoms with E-state index < -0.39 is 12.1 Å². The smallest absolute Gasteiger partial charge is 0.338 e. The van der Waals surface area contributed by atoms with Crippen molar-refractivity contribution >= 4 is 23.5 Å². The van der Waals surface area contributed by atoms with Crippen LogP contribution in [0.15, 0.2) is 24.3 Å². The van der Waals surface area contributed by atoms with Gasteiger partial charge in [0.25, 0.3) is 5.91 Å². The predicted molar refractivity (Wildman–Crippen MR) is 86.0 cm³/mol. The van der Waals surface area contributed by atoms with Crippen LogP contribution in [0.1, 0.15) is 49.9 Å². The van der Waals surface area contributed by atoms with E-state index in [9.17, 15) is 14.4 Å². The Bertz CT molecular complexity index is 577. The van der Waals surface area contributed by atoms with Gasteiger partial charge in [-0.1, -0.05) is 12.8 Å². The first-order valence-corrected chi connectivity index (χ1v) is 7.84. The summed E-state index contributed by atoms with van der Waals surface area (Å²) in [7, 11) is 0. The van der Waals surface area contributed by atoms with Gasteiger partial charge >= 0.3 is 5.97 Å². The summed E-state index contributed by atoms with van der Waals surface area (Å²) in [6.45, 7) is 2.97. The quantitative estimate of drug-likeness (QED) is 0.816. The Labute approximate surface area is 135 Å². The maximum atomic E-state index is 12.0. The van der Waals surface area contributed by atoms with Crippen molar-refractivity contribution in [1.82, 2.24) is 5.32 Å². The highest BCUT2D eigenvalue weighted by Gasteiger charge is 2.23. The Balaban J connectivity index is 1.87. The van der Waals surface area contributed by atoms with Gasteiger partial charge < -0.3 is 15.4 Å². The van der Waals surface area contributed by atoms with Crippen LogP contribution in [0.5, 0.6) is 0 Å². The lowest BCUT2D eigenvalue weighted by Gasteiger charge is -2.17. The molecule has 1 atom stereocenters. The van der Waals surface area contributed by atoms with E-state index in [1.54, 1.807) is 31.2 Å². The molecule has 0 aliphatic heterocycles. The number of anilines is 1. The minimum atomic E-state index is -0.835. The van der Waals surface area contributed by atoms with E-state index in [0.29, 0.717) is 11.3 Å². The van der Waals surface area contributed by atoms with Gasteiger partial charge in [-0.2, -0.15) is 0 Å². The fourth-order valence-electron chi connectivity index (χ4n) is 2.56. The number of carbonyl (C=O) groups is 3. The molecule has 0 spiro atoms. The van der Waals surface area contributed by atoms with Gasteiger partial charge in [0, 0.05) is 18.7 Å². The second-order valence-corrected chi connectivity index (χ2v) is 5.80. The van der Waals surface area contributed by atoms with Gasteiger partial charge in [-0.3, -0.25) is 9.59 Å². The summed E-state index contributed by atoms with van der Waals surface area (Å²) < 4.78 is 5.19. The number of esters is 1. The largest absolute Gasteiger partial charge is 0.449 e. The molecule has 2 N–H and O–H groups in total. The molecule has 23 heavy (non-hydrogen) atoms. The van der Waals surface area contributed by atoms with E-state index >= 15 is 0 Å². The number of amides is 2. The van der Waals surface area contributed by atoms with E-state index in [1.165, 1.54) is 6.92 Å². The maximum Gasteiger partial charge on any atom is 0.338 e. The zero-order valence-corrected chi connectivity index (χ0v) is 13.4. The maximum absolute atomic E-state index is 12.0. The molecule has 1 aliphatic rings. The molecule has 1 saturated carbocycles. The molecule has 2 amide bonds. The van der Waals surface area contributed by atoms with Crippen LogP contribution in [-0.4, -0.2) is 29.9 Å². The van der Waals surface area contributed by atoms with E-state index in [4.69, 9.17) is 4.74 Å². The molecule has 1 aliphatic carbocycles. The van der Waals surface area contributed by atoms with E-state index in [-0.39, 0.29) is 17.9 Å². The zero-order valence-electron chi connectivity index (χ0n) is 13.4. The zero-order chi connectivity index (χ0) is 16.8. The van der Waals surface area contributed by atoms with Gasteiger partial charge in [-0.25, -0.2) is 4.79 Å². The highest BCUT2D eigenvalue weighted by Crippen LogP contribution is 2.18. The Morgan fingerprint density at radius 2 is 1.74 bits per heavy atom. The molecule has 124 valence electrons. The molecule has 0 bridgehead atoms. The number of hydrogen-bond acceptors (Lipinski definition) is 4. The average molecular weight is 318 g/mol. The van der Waals surface area contributed by atoms with Crippen LogP contribution in [0.4, 0.5) is 5.69 Å². The molecule has 1 aromatic rings. The number of hydrogen-bond donors (Lipinski definition) is 2. The van der Waals surface area contributed by atoms with Crippen molar-refractivity contribution in [2.45, 2.75) is 51.7 Å². The highest BCUT2D eigenvalue weighted by atomic mass is 16.5. The first-order chi connectivity index (χ1) is 11.0. The monoisotopic (exact) mass is 318 g/mol. The highest BCUT2D eigenvalue weighted by molar-refractivity contribution is 5.93. The van der Waals surface area contributed by atoms with Crippen LogP contribution in [0, 0.1) is 0 Å². The summed E-state index contributed by atoms with van der Waals surface area (Å²) >= 11 is 0. The van der Waals surface area contributed by atoms with Crippen molar-refractivity contribution in [2.24, 2.45) is 0 Å². The lowest BCUT2D eigenvalue weighted by molar-refractivity contribution is -0.129. The average Bonchev–Trinajstić information content (AvgIpc) is 3.00. The summed E-state index contributed by atoms with van der Waals surface area (Å²) in [5.41, 5.74) is 0.931. The molecule has 0 saturated heterocycles. The van der Waals surface area contributed by atoms with Gasteiger partial charge in [0.15, 0.2) is 6.10 Å². The number of benzene rings is 1. The first kappa shape index (κ1) is 17.0. The number of ether oxygens (including phenoxy) is 1. The molecule has 1 fully saturated rings. The topological polar surface area (TPSA) is 84.5 Å². The fourth-order valence-corrected chi connectivity index (χ4v) is 2.56. The second-order valence-electron chi connectivity index (χ2n) is 5.80. The first-order valence-electron chi connectivity index (χ1n) is 7.84. The van der Waals surface area contributed by atoms with Crippen LogP contribution in [0.2, 0.25) is 0 Å². The van der Waals surface area contributed by atoms with Crippen molar-refractivity contribution in [1.29, 1.82) is 0 Å². The molecule has 1 unspecified atom stereocenters. The molecule has 6 heteroatoms. The molecule has 1 aromatic carbocycles. The normalized spacial score (nSPS) is 15.7. The SMILES string of the molecule is CC(=O)Nc1ccc(C(=O)OC(C)C(=O)NC2CCCC2)cc1. The van der Waals surface area contributed by atoms with Gasteiger partial charge in [0.1, 0.15) is 0 Å². The van der Waals surface area contributed by atoms with Crippen LogP contribution in [-0.2, 0) is 14.3 Å². The van der Waals surface area contributed by atoms with Crippen molar-refractivity contribution < 1.29 is 19.1 Å². The van der Waals surface area contributed by atoms with Crippen LogP contribution < -0.4 is 10.6 Å². The van der Waals surface area contributed by atoms with E-state index in [0.717, 1.165) is 25.7 Å². The van der Waals surface area contributed by atoms with Crippen LogP contribution >= 0.6 is 0 Å².